The lowest BCUT2D eigenvalue weighted by atomic mass is 10.0. The van der Waals surface area contributed by atoms with Crippen LogP contribution in [0.15, 0.2) is 9.85 Å². The van der Waals surface area contributed by atoms with Crippen LogP contribution in [0.2, 0.25) is 0 Å². The van der Waals surface area contributed by atoms with Gasteiger partial charge in [-0.2, -0.15) is 0 Å². The molecule has 0 amide bonds. The number of hydrogen-bond acceptors (Lipinski definition) is 5. The Balaban J connectivity index is 2.11. The van der Waals surface area contributed by atoms with Gasteiger partial charge in [0.2, 0.25) is 0 Å². The Bertz CT molecular complexity index is 247. The molecule has 0 aromatic carbocycles. The first-order valence-electron chi connectivity index (χ1n) is 4.78. The molecule has 0 saturated heterocycles. The van der Waals surface area contributed by atoms with E-state index in [4.69, 9.17) is 0 Å². The summed E-state index contributed by atoms with van der Waals surface area (Å²) in [5.74, 6) is 1.05. The Morgan fingerprint density at radius 2 is 2.36 bits per heavy atom. The summed E-state index contributed by atoms with van der Waals surface area (Å²) in [6, 6.07) is 0. The van der Waals surface area contributed by atoms with Crippen molar-refractivity contribution in [3.63, 3.8) is 0 Å². The molecule has 1 aromatic heterocycles. The Hall–Kier alpha value is -0.130. The zero-order valence-electron chi connectivity index (χ0n) is 8.91. The van der Waals surface area contributed by atoms with E-state index in [0.29, 0.717) is 0 Å². The van der Waals surface area contributed by atoms with E-state index in [1.54, 1.807) is 28.6 Å². The number of nitrogens with one attached hydrogen (secondary N) is 1. The second-order valence-electron chi connectivity index (χ2n) is 3.72. The predicted molar refractivity (Wildman–Crippen MR) is 63.0 cm³/mol. The highest BCUT2D eigenvalue weighted by Crippen LogP contribution is 2.18. The molecule has 80 valence electrons. The van der Waals surface area contributed by atoms with Gasteiger partial charge >= 0.3 is 0 Å². The molecule has 0 aliphatic heterocycles. The molecule has 0 aliphatic rings. The van der Waals surface area contributed by atoms with Crippen LogP contribution < -0.4 is 5.32 Å². The molecule has 3 nitrogen and oxygen atoms in total. The number of nitrogens with zero attached hydrogens (tertiary/aromatic N) is 2. The fraction of sp³-hybridized carbons (Fsp3) is 0.778. The topological polar surface area (TPSA) is 37.8 Å². The molecule has 5 heteroatoms. The largest absolute Gasteiger partial charge is 0.311 e. The molecule has 0 radical (unpaired) electrons. The van der Waals surface area contributed by atoms with E-state index in [-0.39, 0.29) is 5.54 Å². The van der Waals surface area contributed by atoms with E-state index in [9.17, 15) is 0 Å². The van der Waals surface area contributed by atoms with E-state index >= 15 is 0 Å². The molecule has 0 bridgehead atoms. The minimum absolute atomic E-state index is 0.252. The van der Waals surface area contributed by atoms with Gasteiger partial charge < -0.3 is 5.32 Å². The maximum atomic E-state index is 3.97. The van der Waals surface area contributed by atoms with E-state index in [1.807, 2.05) is 0 Å². The third kappa shape index (κ3) is 4.39. The Labute approximate surface area is 93.7 Å². The summed E-state index contributed by atoms with van der Waals surface area (Å²) in [6.45, 7) is 7.67. The lowest BCUT2D eigenvalue weighted by molar-refractivity contribution is 0.388. The third-order valence-corrected chi connectivity index (χ3v) is 4.02. The molecular formula is C9H17N3S2. The summed E-state index contributed by atoms with van der Waals surface area (Å²) >= 11 is 3.36. The van der Waals surface area contributed by atoms with Crippen LogP contribution in [0.1, 0.15) is 27.2 Å². The van der Waals surface area contributed by atoms with Gasteiger partial charge in [0.25, 0.3) is 0 Å². The van der Waals surface area contributed by atoms with Crippen LogP contribution in [0.3, 0.4) is 0 Å². The Morgan fingerprint density at radius 1 is 1.57 bits per heavy atom. The van der Waals surface area contributed by atoms with Gasteiger partial charge in [-0.1, -0.05) is 30.0 Å². The van der Waals surface area contributed by atoms with Crippen LogP contribution in [-0.4, -0.2) is 28.0 Å². The van der Waals surface area contributed by atoms with Gasteiger partial charge in [0.1, 0.15) is 5.51 Å². The fourth-order valence-corrected chi connectivity index (χ4v) is 2.29. The lowest BCUT2D eigenvalue weighted by Gasteiger charge is -2.24. The van der Waals surface area contributed by atoms with Crippen molar-refractivity contribution >= 4 is 23.1 Å². The van der Waals surface area contributed by atoms with Crippen LogP contribution in [0, 0.1) is 0 Å². The molecule has 0 unspecified atom stereocenters. The summed E-state index contributed by atoms with van der Waals surface area (Å²) in [5, 5.41) is 11.3. The van der Waals surface area contributed by atoms with Crippen molar-refractivity contribution in [2.45, 2.75) is 37.1 Å². The average molecular weight is 231 g/mol. The summed E-state index contributed by atoms with van der Waals surface area (Å²) in [4.78, 5) is 0. The maximum absolute atomic E-state index is 3.97. The van der Waals surface area contributed by atoms with Crippen molar-refractivity contribution in [1.82, 2.24) is 15.5 Å². The van der Waals surface area contributed by atoms with Crippen molar-refractivity contribution < 1.29 is 0 Å². The van der Waals surface area contributed by atoms with Gasteiger partial charge in [0, 0.05) is 17.8 Å². The monoisotopic (exact) mass is 231 g/mol. The van der Waals surface area contributed by atoms with Crippen molar-refractivity contribution in [3.8, 4) is 0 Å². The summed E-state index contributed by atoms with van der Waals surface area (Å²) in [7, 11) is 0. The van der Waals surface area contributed by atoms with E-state index < -0.39 is 0 Å². The smallest absolute Gasteiger partial charge is 0.174 e. The molecule has 1 heterocycles. The van der Waals surface area contributed by atoms with Gasteiger partial charge in [0.05, 0.1) is 0 Å². The zero-order valence-corrected chi connectivity index (χ0v) is 10.5. The minimum atomic E-state index is 0.252. The molecule has 0 spiro atoms. The second kappa shape index (κ2) is 5.68. The van der Waals surface area contributed by atoms with Gasteiger partial charge in [-0.05, 0) is 20.3 Å². The van der Waals surface area contributed by atoms with Crippen molar-refractivity contribution in [3.05, 3.63) is 5.51 Å². The lowest BCUT2D eigenvalue weighted by Crippen LogP contribution is -2.39. The van der Waals surface area contributed by atoms with Gasteiger partial charge in [-0.15, -0.1) is 10.2 Å². The number of thioether (sulfide) groups is 1. The van der Waals surface area contributed by atoms with Crippen LogP contribution >= 0.6 is 23.1 Å². The van der Waals surface area contributed by atoms with Crippen LogP contribution in [0.4, 0.5) is 0 Å². The quantitative estimate of drug-likeness (QED) is 0.603. The van der Waals surface area contributed by atoms with Crippen LogP contribution in [0.5, 0.6) is 0 Å². The molecule has 0 aliphatic carbocycles. The van der Waals surface area contributed by atoms with Crippen LogP contribution in [-0.2, 0) is 0 Å². The standard InChI is InChI=1S/C9H17N3S2/c1-4-9(2,3)10-5-6-13-8-12-11-7-14-8/h7,10H,4-6H2,1-3H3. The third-order valence-electron chi connectivity index (χ3n) is 2.16. The molecular weight excluding hydrogens is 214 g/mol. The molecule has 1 aromatic rings. The first-order valence-corrected chi connectivity index (χ1v) is 6.64. The Kier molecular flexibility index (Phi) is 4.84. The van der Waals surface area contributed by atoms with E-state index in [0.717, 1.165) is 23.1 Å². The average Bonchev–Trinajstić information content (AvgIpc) is 2.65. The summed E-state index contributed by atoms with van der Waals surface area (Å²) in [5.41, 5.74) is 2.02. The number of hydrogen-bond donors (Lipinski definition) is 1. The highest BCUT2D eigenvalue weighted by Gasteiger charge is 2.12. The SMILES string of the molecule is CCC(C)(C)NCCSc1nncs1. The van der Waals surface area contributed by atoms with E-state index in [1.165, 1.54) is 0 Å². The number of aromatic nitrogens is 2. The first-order chi connectivity index (χ1) is 6.64. The second-order valence-corrected chi connectivity index (χ2v) is 5.89. The van der Waals surface area contributed by atoms with Crippen molar-refractivity contribution in [2.75, 3.05) is 12.3 Å². The molecule has 14 heavy (non-hydrogen) atoms. The zero-order chi connectivity index (χ0) is 10.4. The molecule has 0 fully saturated rings. The summed E-state index contributed by atoms with van der Waals surface area (Å²) in [6.07, 6.45) is 1.15. The first kappa shape index (κ1) is 11.9. The van der Waals surface area contributed by atoms with Crippen LogP contribution in [0.25, 0.3) is 0 Å². The Morgan fingerprint density at radius 3 is 2.93 bits per heavy atom. The maximum Gasteiger partial charge on any atom is 0.174 e. The molecule has 1 N–H and O–H groups in total. The summed E-state index contributed by atoms with van der Waals surface area (Å²) < 4.78 is 1.06. The highest BCUT2D eigenvalue weighted by molar-refractivity contribution is 8.01. The van der Waals surface area contributed by atoms with Crippen molar-refractivity contribution in [2.24, 2.45) is 0 Å². The van der Waals surface area contributed by atoms with Gasteiger partial charge in [0.15, 0.2) is 4.34 Å². The number of rotatable bonds is 6. The van der Waals surface area contributed by atoms with Gasteiger partial charge in [-0.25, -0.2) is 0 Å². The molecule has 0 atom stereocenters. The van der Waals surface area contributed by atoms with E-state index in [2.05, 4.69) is 36.3 Å². The minimum Gasteiger partial charge on any atom is -0.311 e. The molecule has 1 rings (SSSR count). The highest BCUT2D eigenvalue weighted by atomic mass is 32.2. The van der Waals surface area contributed by atoms with Crippen molar-refractivity contribution in [1.29, 1.82) is 0 Å². The fourth-order valence-electron chi connectivity index (χ4n) is 0.879. The van der Waals surface area contributed by atoms with Gasteiger partial charge in [-0.3, -0.25) is 0 Å². The predicted octanol–water partition coefficient (Wildman–Crippen LogP) is 2.41. The normalized spacial score (nSPS) is 11.9. The molecule has 0 saturated carbocycles.